The van der Waals surface area contributed by atoms with Gasteiger partial charge in [0.1, 0.15) is 5.75 Å². The number of hydrogen-bond donors (Lipinski definition) is 2. The Labute approximate surface area is 135 Å². The SMILES string of the molecule is COc1ccc(-c2[nH]ncc2CN2CC[C@@H](CC(=O)O)C2)cc1. The van der Waals surface area contributed by atoms with Crippen LogP contribution in [0, 0.1) is 5.92 Å². The molecular weight excluding hydrogens is 294 g/mol. The van der Waals surface area contributed by atoms with Gasteiger partial charge in [-0.05, 0) is 43.1 Å². The highest BCUT2D eigenvalue weighted by molar-refractivity contribution is 5.67. The Morgan fingerprint density at radius 3 is 2.91 bits per heavy atom. The van der Waals surface area contributed by atoms with Gasteiger partial charge in [-0.1, -0.05) is 0 Å². The van der Waals surface area contributed by atoms with E-state index >= 15 is 0 Å². The van der Waals surface area contributed by atoms with E-state index in [2.05, 4.69) is 15.1 Å². The number of carboxylic acid groups (broad SMARTS) is 1. The minimum absolute atomic E-state index is 0.254. The van der Waals surface area contributed by atoms with Gasteiger partial charge < -0.3 is 9.84 Å². The number of benzene rings is 1. The fraction of sp³-hybridized carbons (Fsp3) is 0.412. The lowest BCUT2D eigenvalue weighted by Gasteiger charge is -2.15. The molecule has 23 heavy (non-hydrogen) atoms. The Hall–Kier alpha value is -2.34. The zero-order chi connectivity index (χ0) is 16.2. The Balaban J connectivity index is 1.68. The van der Waals surface area contributed by atoms with Crippen LogP contribution in [0.1, 0.15) is 18.4 Å². The van der Waals surface area contributed by atoms with Crippen LogP contribution in [0.15, 0.2) is 30.5 Å². The third-order valence-electron chi connectivity index (χ3n) is 4.32. The molecule has 1 aromatic carbocycles. The molecule has 0 aliphatic carbocycles. The van der Waals surface area contributed by atoms with Crippen LogP contribution < -0.4 is 4.74 Å². The molecule has 122 valence electrons. The summed E-state index contributed by atoms with van der Waals surface area (Å²) in [6, 6.07) is 7.87. The van der Waals surface area contributed by atoms with E-state index in [1.165, 1.54) is 0 Å². The summed E-state index contributed by atoms with van der Waals surface area (Å²) in [7, 11) is 1.65. The predicted molar refractivity (Wildman–Crippen MR) is 86.2 cm³/mol. The first-order chi connectivity index (χ1) is 11.2. The zero-order valence-electron chi connectivity index (χ0n) is 13.2. The summed E-state index contributed by atoms with van der Waals surface area (Å²) in [5.41, 5.74) is 3.21. The van der Waals surface area contributed by atoms with Crippen LogP contribution in [0.25, 0.3) is 11.3 Å². The Kier molecular flexibility index (Phi) is 4.62. The largest absolute Gasteiger partial charge is 0.497 e. The molecule has 0 bridgehead atoms. The van der Waals surface area contributed by atoms with E-state index in [9.17, 15) is 4.79 Å². The van der Waals surface area contributed by atoms with Crippen LogP contribution in [0.2, 0.25) is 0 Å². The monoisotopic (exact) mass is 315 g/mol. The second-order valence-corrected chi connectivity index (χ2v) is 5.99. The van der Waals surface area contributed by atoms with E-state index < -0.39 is 5.97 Å². The molecule has 1 atom stereocenters. The van der Waals surface area contributed by atoms with Gasteiger partial charge in [0.25, 0.3) is 0 Å². The number of H-pyrrole nitrogens is 1. The third kappa shape index (κ3) is 3.71. The number of nitrogens with one attached hydrogen (secondary N) is 1. The van der Waals surface area contributed by atoms with Crippen molar-refractivity contribution in [2.24, 2.45) is 5.92 Å². The quantitative estimate of drug-likeness (QED) is 0.855. The first kappa shape index (κ1) is 15.6. The molecule has 2 aromatic rings. The summed E-state index contributed by atoms with van der Waals surface area (Å²) in [5, 5.41) is 16.1. The van der Waals surface area contributed by atoms with E-state index in [1.807, 2.05) is 30.5 Å². The topological polar surface area (TPSA) is 78.5 Å². The average molecular weight is 315 g/mol. The fourth-order valence-corrected chi connectivity index (χ4v) is 3.15. The number of aliphatic carboxylic acids is 1. The van der Waals surface area contributed by atoms with Gasteiger partial charge in [0.15, 0.2) is 0 Å². The molecule has 6 nitrogen and oxygen atoms in total. The lowest BCUT2D eigenvalue weighted by molar-refractivity contribution is -0.138. The fourth-order valence-electron chi connectivity index (χ4n) is 3.15. The van der Waals surface area contributed by atoms with Crippen LogP contribution in [-0.2, 0) is 11.3 Å². The Morgan fingerprint density at radius 2 is 2.22 bits per heavy atom. The molecule has 0 spiro atoms. The average Bonchev–Trinajstić information content (AvgIpc) is 3.17. The minimum atomic E-state index is -0.709. The molecule has 0 unspecified atom stereocenters. The van der Waals surface area contributed by atoms with E-state index in [-0.39, 0.29) is 12.3 Å². The summed E-state index contributed by atoms with van der Waals surface area (Å²) in [6.07, 6.45) is 3.05. The first-order valence-corrected chi connectivity index (χ1v) is 7.76. The van der Waals surface area contributed by atoms with Crippen LogP contribution in [0.4, 0.5) is 0 Å². The van der Waals surface area contributed by atoms with Crippen molar-refractivity contribution >= 4 is 5.97 Å². The van der Waals surface area contributed by atoms with Crippen LogP contribution in [-0.4, -0.2) is 46.4 Å². The molecule has 0 amide bonds. The molecule has 2 N–H and O–H groups in total. The highest BCUT2D eigenvalue weighted by Crippen LogP contribution is 2.27. The lowest BCUT2D eigenvalue weighted by Crippen LogP contribution is -2.21. The van der Waals surface area contributed by atoms with Gasteiger partial charge >= 0.3 is 5.97 Å². The Bertz CT molecular complexity index is 666. The van der Waals surface area contributed by atoms with Crippen molar-refractivity contribution in [1.82, 2.24) is 15.1 Å². The zero-order valence-corrected chi connectivity index (χ0v) is 13.2. The van der Waals surface area contributed by atoms with Crippen molar-refractivity contribution < 1.29 is 14.6 Å². The van der Waals surface area contributed by atoms with Gasteiger partial charge in [-0.15, -0.1) is 0 Å². The molecule has 1 aliphatic heterocycles. The minimum Gasteiger partial charge on any atom is -0.497 e. The summed E-state index contributed by atoms with van der Waals surface area (Å²) in [4.78, 5) is 13.1. The summed E-state index contributed by atoms with van der Waals surface area (Å²) >= 11 is 0. The van der Waals surface area contributed by atoms with Crippen molar-refractivity contribution in [3.05, 3.63) is 36.0 Å². The molecular formula is C17H21N3O3. The van der Waals surface area contributed by atoms with Crippen LogP contribution in [0.3, 0.4) is 0 Å². The van der Waals surface area contributed by atoms with Crippen LogP contribution in [0.5, 0.6) is 5.75 Å². The number of carboxylic acids is 1. The molecule has 0 radical (unpaired) electrons. The van der Waals surface area contributed by atoms with Crippen molar-refractivity contribution in [3.8, 4) is 17.0 Å². The van der Waals surface area contributed by atoms with Gasteiger partial charge in [0, 0.05) is 30.6 Å². The molecule has 1 fully saturated rings. The maximum Gasteiger partial charge on any atom is 0.303 e. The third-order valence-corrected chi connectivity index (χ3v) is 4.32. The smallest absolute Gasteiger partial charge is 0.303 e. The number of nitrogens with zero attached hydrogens (tertiary/aromatic N) is 2. The summed E-state index contributed by atoms with van der Waals surface area (Å²) < 4.78 is 5.19. The van der Waals surface area contributed by atoms with E-state index in [0.29, 0.717) is 0 Å². The molecule has 2 heterocycles. The van der Waals surface area contributed by atoms with Crippen LogP contribution >= 0.6 is 0 Å². The van der Waals surface area contributed by atoms with E-state index in [1.54, 1.807) is 7.11 Å². The number of aromatic amines is 1. The van der Waals surface area contributed by atoms with Crippen molar-refractivity contribution in [3.63, 3.8) is 0 Å². The second-order valence-electron chi connectivity index (χ2n) is 5.99. The number of aromatic nitrogens is 2. The maximum atomic E-state index is 10.8. The van der Waals surface area contributed by atoms with E-state index in [0.717, 1.165) is 48.6 Å². The van der Waals surface area contributed by atoms with Crippen molar-refractivity contribution in [2.45, 2.75) is 19.4 Å². The molecule has 1 saturated heterocycles. The number of ether oxygens (including phenoxy) is 1. The predicted octanol–water partition coefficient (Wildman–Crippen LogP) is 2.38. The molecule has 1 aliphatic rings. The number of carbonyl (C=O) groups is 1. The highest BCUT2D eigenvalue weighted by Gasteiger charge is 2.25. The van der Waals surface area contributed by atoms with Crippen molar-refractivity contribution in [2.75, 3.05) is 20.2 Å². The van der Waals surface area contributed by atoms with Gasteiger partial charge in [0.05, 0.1) is 19.0 Å². The number of likely N-dealkylation sites (tertiary alicyclic amines) is 1. The van der Waals surface area contributed by atoms with Gasteiger partial charge in [0.2, 0.25) is 0 Å². The number of methoxy groups -OCH3 is 1. The van der Waals surface area contributed by atoms with Gasteiger partial charge in [-0.2, -0.15) is 5.10 Å². The van der Waals surface area contributed by atoms with Gasteiger partial charge in [-0.25, -0.2) is 0 Å². The maximum absolute atomic E-state index is 10.8. The molecule has 0 saturated carbocycles. The standard InChI is InChI=1S/C17H21N3O3/c1-23-15-4-2-13(3-5-15)17-14(9-18-19-17)11-20-7-6-12(10-20)8-16(21)22/h2-5,9,12H,6-8,10-11H2,1H3,(H,18,19)(H,21,22)/t12-/m0/s1. The normalized spacial score (nSPS) is 18.2. The highest BCUT2D eigenvalue weighted by atomic mass is 16.5. The van der Waals surface area contributed by atoms with Gasteiger partial charge in [-0.3, -0.25) is 14.8 Å². The number of rotatable bonds is 6. The Morgan fingerprint density at radius 1 is 1.43 bits per heavy atom. The van der Waals surface area contributed by atoms with Crippen molar-refractivity contribution in [1.29, 1.82) is 0 Å². The lowest BCUT2D eigenvalue weighted by atomic mass is 10.1. The first-order valence-electron chi connectivity index (χ1n) is 7.76. The number of hydrogen-bond acceptors (Lipinski definition) is 4. The van der Waals surface area contributed by atoms with E-state index in [4.69, 9.17) is 9.84 Å². The molecule has 1 aromatic heterocycles. The summed E-state index contributed by atoms with van der Waals surface area (Å²) in [5.74, 6) is 0.369. The second kappa shape index (κ2) is 6.83. The molecule has 3 rings (SSSR count). The summed E-state index contributed by atoms with van der Waals surface area (Å²) in [6.45, 7) is 2.55. The molecule has 6 heteroatoms.